The number of halogens is 4. The van der Waals surface area contributed by atoms with Gasteiger partial charge in [-0.2, -0.15) is 17.6 Å². The number of aromatic nitrogens is 4. The molecule has 4 heterocycles. The smallest absolute Gasteiger partial charge is 0.407 e. The first-order valence-electron chi connectivity index (χ1n) is 21.5. The van der Waals surface area contributed by atoms with Crippen LogP contribution in [0.5, 0.6) is 0 Å². The first kappa shape index (κ1) is 39.4. The van der Waals surface area contributed by atoms with Crippen molar-refractivity contribution >= 4 is 28.9 Å². The number of H-pyrrole nitrogens is 2. The largest absolute Gasteiger partial charge is 0.453 e. The number of methoxy groups -OCH3 is 1. The highest BCUT2D eigenvalue weighted by molar-refractivity contribution is 5.87. The van der Waals surface area contributed by atoms with Crippen LogP contribution in [0.15, 0.2) is 60.8 Å². The van der Waals surface area contributed by atoms with E-state index in [1.54, 1.807) is 40.1 Å². The van der Waals surface area contributed by atoms with E-state index < -0.39 is 47.5 Å². The summed E-state index contributed by atoms with van der Waals surface area (Å²) in [5.74, 6) is -9.02. The predicted octanol–water partition coefficient (Wildman–Crippen LogP) is 9.63. The number of benzene rings is 3. The van der Waals surface area contributed by atoms with Crippen LogP contribution in [0.1, 0.15) is 102 Å². The van der Waals surface area contributed by atoms with Crippen molar-refractivity contribution in [1.29, 1.82) is 0 Å². The Labute approximate surface area is 352 Å². The second-order valence-corrected chi connectivity index (χ2v) is 17.8. The Morgan fingerprint density at radius 2 is 1.54 bits per heavy atom. The van der Waals surface area contributed by atoms with Gasteiger partial charge in [0.2, 0.25) is 11.8 Å². The molecule has 1 spiro atoms. The molecule has 0 bridgehead atoms. The number of alkyl halides is 4. The highest BCUT2D eigenvalue weighted by Gasteiger charge is 2.63. The van der Waals surface area contributed by atoms with E-state index in [0.717, 1.165) is 31.4 Å². The number of imidazole rings is 2. The highest BCUT2D eigenvalue weighted by Crippen LogP contribution is 2.60. The minimum Gasteiger partial charge on any atom is -0.453 e. The van der Waals surface area contributed by atoms with Crippen LogP contribution >= 0.6 is 0 Å². The number of fused-ring (bicyclic) bond motifs is 4. The van der Waals surface area contributed by atoms with Crippen molar-refractivity contribution in [2.75, 3.05) is 20.2 Å². The van der Waals surface area contributed by atoms with Crippen LogP contribution in [0, 0.1) is 17.3 Å². The van der Waals surface area contributed by atoms with Crippen LogP contribution < -0.4 is 5.32 Å². The lowest BCUT2D eigenvalue weighted by molar-refractivity contribution is -0.225. The Bertz CT molecular complexity index is 2600. The van der Waals surface area contributed by atoms with Gasteiger partial charge in [0, 0.05) is 37.5 Å². The van der Waals surface area contributed by atoms with E-state index in [9.17, 15) is 14.4 Å². The van der Waals surface area contributed by atoms with Crippen molar-refractivity contribution in [3.05, 3.63) is 83.6 Å². The van der Waals surface area contributed by atoms with Crippen molar-refractivity contribution in [1.82, 2.24) is 35.1 Å². The highest BCUT2D eigenvalue weighted by atomic mass is 19.3. The molecule has 0 radical (unpaired) electrons. The standard InChI is InChI=1S/C46H49F4N7O4/c1-24(2)17-38(58)56-16-6-7-36(56)41-52-33-13-10-27(20-34(33)53-41)26-8-11-29-30-12-9-28(19-32(30)46(49,50)45(47,48)31(29)18-26)35-22-51-40(54-35)37-21-44(14-15-44)23-57(37)42(59)39(25(3)4)55-43(60)61-5/h8-13,18-20,22,24-25,36-37,39H,6-7,14-17,21,23H2,1-5H3,(H,51,54)(H,52,53)(H,55,60)/t36-,37-,39-/m0/s1/i17D/t17-,36-,37-,39-. The van der Waals surface area contributed by atoms with Crippen LogP contribution in [0.3, 0.4) is 0 Å². The molecule has 11 nitrogen and oxygen atoms in total. The zero-order chi connectivity index (χ0) is 44.0. The molecule has 4 aliphatic rings. The SMILES string of the molecule is [2H][C@H](C(=O)N1CCC[C@H]1c1nc2ccc(-c3ccc4c(c3)C(F)(F)C(F)(F)c3cc(-c5cnc([C@@H]6CC7(CC7)CN6C(=O)[C@@H](NC(=O)OC)C(C)C)[nH]5)ccc3-4)cc2[nH]1)C(C)C. The van der Waals surface area contributed by atoms with Gasteiger partial charge in [-0.15, -0.1) is 0 Å². The first-order valence-corrected chi connectivity index (χ1v) is 20.9. The maximum absolute atomic E-state index is 16.3. The first-order chi connectivity index (χ1) is 29.4. The van der Waals surface area contributed by atoms with E-state index in [4.69, 9.17) is 11.1 Å². The number of ether oxygens (including phenoxy) is 1. The molecule has 2 aromatic heterocycles. The number of aromatic amines is 2. The topological polar surface area (TPSA) is 136 Å². The number of rotatable bonds is 9. The molecular weight excluding hydrogens is 791 g/mol. The number of nitrogens with zero attached hydrogens (tertiary/aromatic N) is 4. The van der Waals surface area contributed by atoms with Gasteiger partial charge >= 0.3 is 17.9 Å². The fourth-order valence-corrected chi connectivity index (χ4v) is 9.43. The van der Waals surface area contributed by atoms with Gasteiger partial charge in [0.15, 0.2) is 0 Å². The van der Waals surface area contributed by atoms with E-state index in [2.05, 4.69) is 20.3 Å². The zero-order valence-electron chi connectivity index (χ0n) is 35.6. The predicted molar refractivity (Wildman–Crippen MR) is 220 cm³/mol. The number of hydrogen-bond acceptors (Lipinski definition) is 6. The van der Waals surface area contributed by atoms with Crippen molar-refractivity contribution < 1.29 is 38.1 Å². The summed E-state index contributed by atoms with van der Waals surface area (Å²) >= 11 is 0. The van der Waals surface area contributed by atoms with E-state index in [0.29, 0.717) is 65.4 Å². The Morgan fingerprint density at radius 1 is 0.885 bits per heavy atom. The summed E-state index contributed by atoms with van der Waals surface area (Å²) in [5.41, 5.74) is 0.942. The molecule has 3 amide bonds. The van der Waals surface area contributed by atoms with E-state index in [-0.39, 0.29) is 51.8 Å². The lowest BCUT2D eigenvalue weighted by Crippen LogP contribution is -2.51. The number of likely N-dealkylation sites (tertiary alicyclic amines) is 2. The monoisotopic (exact) mass is 840 g/mol. The molecule has 3 aromatic carbocycles. The van der Waals surface area contributed by atoms with Crippen molar-refractivity contribution in [3.63, 3.8) is 0 Å². The lowest BCUT2D eigenvalue weighted by atomic mass is 9.78. The molecule has 320 valence electrons. The minimum atomic E-state index is -4.57. The summed E-state index contributed by atoms with van der Waals surface area (Å²) in [6.45, 7) is 8.33. The van der Waals surface area contributed by atoms with E-state index >= 15 is 17.6 Å². The van der Waals surface area contributed by atoms with Crippen molar-refractivity contribution in [2.45, 2.75) is 96.2 Å². The molecular formula is C46H49F4N7O4. The molecule has 61 heavy (non-hydrogen) atoms. The molecule has 2 saturated heterocycles. The average molecular weight is 841 g/mol. The summed E-state index contributed by atoms with van der Waals surface area (Å²) in [6.07, 6.45) is 3.82. The fraction of sp³-hybridized carbons (Fsp3) is 0.457. The van der Waals surface area contributed by atoms with Crippen LogP contribution in [0.4, 0.5) is 22.4 Å². The summed E-state index contributed by atoms with van der Waals surface area (Å²) in [4.78, 5) is 58.3. The van der Waals surface area contributed by atoms with Crippen LogP contribution in [-0.4, -0.2) is 73.9 Å². The van der Waals surface area contributed by atoms with Gasteiger partial charge in [0.25, 0.3) is 0 Å². The van der Waals surface area contributed by atoms with E-state index in [1.165, 1.54) is 25.4 Å². The summed E-state index contributed by atoms with van der Waals surface area (Å²) in [5, 5.41) is 2.65. The van der Waals surface area contributed by atoms with Gasteiger partial charge in [0.05, 0.1) is 42.1 Å². The number of nitrogens with one attached hydrogen (secondary N) is 3. The maximum atomic E-state index is 16.3. The number of hydrogen-bond donors (Lipinski definition) is 3. The summed E-state index contributed by atoms with van der Waals surface area (Å²) in [7, 11) is 1.23. The van der Waals surface area contributed by atoms with Gasteiger partial charge in [-0.3, -0.25) is 9.59 Å². The van der Waals surface area contributed by atoms with Gasteiger partial charge in [0.1, 0.15) is 17.7 Å². The third-order valence-corrected chi connectivity index (χ3v) is 12.9. The third-order valence-electron chi connectivity index (χ3n) is 12.9. The Kier molecular flexibility index (Phi) is 9.51. The molecule has 4 atom stereocenters. The van der Waals surface area contributed by atoms with Gasteiger partial charge < -0.3 is 29.8 Å². The van der Waals surface area contributed by atoms with Crippen molar-refractivity contribution in [2.24, 2.45) is 17.3 Å². The van der Waals surface area contributed by atoms with Gasteiger partial charge in [-0.25, -0.2) is 14.8 Å². The van der Waals surface area contributed by atoms with E-state index in [1.807, 2.05) is 27.7 Å². The lowest BCUT2D eigenvalue weighted by Gasteiger charge is -2.35. The van der Waals surface area contributed by atoms with Crippen LogP contribution in [0.25, 0.3) is 44.5 Å². The van der Waals surface area contributed by atoms with Crippen molar-refractivity contribution in [3.8, 4) is 33.5 Å². The number of amides is 3. The number of carbonyl (C=O) groups is 3. The number of alkyl carbamates (subject to hydrolysis) is 1. The molecule has 5 aromatic rings. The molecule has 2 aliphatic carbocycles. The summed E-state index contributed by atoms with van der Waals surface area (Å²) in [6, 6.07) is 11.9. The van der Waals surface area contributed by atoms with Gasteiger partial charge in [-0.05, 0) is 95.9 Å². The molecule has 2 aliphatic heterocycles. The Hall–Kier alpha value is -5.73. The Balaban J connectivity index is 0.997. The minimum absolute atomic E-state index is 0.00312. The average Bonchev–Trinajstić information content (AvgIpc) is 3.74. The molecule has 0 unspecified atom stereocenters. The number of carbonyl (C=O) groups excluding carboxylic acids is 3. The fourth-order valence-electron chi connectivity index (χ4n) is 9.43. The second-order valence-electron chi connectivity index (χ2n) is 17.8. The summed E-state index contributed by atoms with van der Waals surface area (Å²) < 4.78 is 78.1. The molecule has 3 fully saturated rings. The van der Waals surface area contributed by atoms with Gasteiger partial charge in [-0.1, -0.05) is 58.0 Å². The molecule has 3 N–H and O–H groups in total. The quantitative estimate of drug-likeness (QED) is 0.127. The zero-order valence-corrected chi connectivity index (χ0v) is 34.6. The molecule has 15 heteroatoms. The van der Waals surface area contributed by atoms with Crippen LogP contribution in [-0.2, 0) is 26.2 Å². The molecule has 9 rings (SSSR count). The molecule has 1 saturated carbocycles. The Morgan fingerprint density at radius 3 is 2.20 bits per heavy atom. The third kappa shape index (κ3) is 6.93. The van der Waals surface area contributed by atoms with Crippen LogP contribution in [0.2, 0.25) is 0 Å². The normalized spacial score (nSPS) is 22.0. The maximum Gasteiger partial charge on any atom is 0.407 e. The second kappa shape index (κ2) is 14.7.